The molecule has 1 atom stereocenters. The number of hydrogen-bond donors (Lipinski definition) is 0. The number of aromatic nitrogens is 3. The van der Waals surface area contributed by atoms with Crippen LogP contribution in [0.3, 0.4) is 0 Å². The minimum atomic E-state index is -0.556. The maximum atomic E-state index is 13.1. The van der Waals surface area contributed by atoms with Crippen molar-refractivity contribution in [2.75, 3.05) is 13.2 Å². The molecule has 1 aromatic carbocycles. The standard InChI is InChI=1S/C20H18N4O4/c1-3-27-20(26)16-18(28-10-22-16)15-17-14-6-7-23(14)19(25)12-8-11(2)4-5-13(12)24(17)9-21-15/h4-5,8-10,14H,3,6-7H2,1-2H3/t14-/m0/s1. The van der Waals surface area contributed by atoms with Crippen molar-refractivity contribution in [1.82, 2.24) is 19.4 Å². The Morgan fingerprint density at radius 3 is 2.96 bits per heavy atom. The number of fused-ring (bicyclic) bond motifs is 5. The summed E-state index contributed by atoms with van der Waals surface area (Å²) in [6.07, 6.45) is 3.71. The quantitative estimate of drug-likeness (QED) is 0.651. The molecule has 0 unspecified atom stereocenters. The lowest BCUT2D eigenvalue weighted by molar-refractivity contribution is 0.0459. The van der Waals surface area contributed by atoms with Gasteiger partial charge in [0.15, 0.2) is 17.8 Å². The highest BCUT2D eigenvalue weighted by molar-refractivity contribution is 6.00. The van der Waals surface area contributed by atoms with E-state index < -0.39 is 5.97 Å². The average molecular weight is 378 g/mol. The number of hydrogen-bond acceptors (Lipinski definition) is 6. The van der Waals surface area contributed by atoms with E-state index >= 15 is 0 Å². The normalized spacial score (nSPS) is 17.3. The molecule has 142 valence electrons. The molecule has 2 aliphatic heterocycles. The van der Waals surface area contributed by atoms with Crippen molar-refractivity contribution in [3.05, 3.63) is 53.4 Å². The van der Waals surface area contributed by atoms with Crippen molar-refractivity contribution in [1.29, 1.82) is 0 Å². The van der Waals surface area contributed by atoms with Crippen LogP contribution in [0.1, 0.15) is 51.5 Å². The van der Waals surface area contributed by atoms with Gasteiger partial charge in [-0.25, -0.2) is 14.8 Å². The second kappa shape index (κ2) is 6.05. The van der Waals surface area contributed by atoms with E-state index in [2.05, 4.69) is 9.97 Å². The number of esters is 1. The SMILES string of the molecule is CCOC(=O)c1ncoc1-c1ncn2c1[C@@H]1CCN1C(=O)c1cc(C)ccc1-2. The van der Waals surface area contributed by atoms with E-state index in [-0.39, 0.29) is 30.0 Å². The molecule has 3 aromatic rings. The second-order valence-corrected chi connectivity index (χ2v) is 6.92. The number of carbonyl (C=O) groups is 2. The van der Waals surface area contributed by atoms with E-state index in [0.717, 1.165) is 23.4 Å². The molecular formula is C20H18N4O4. The third-order valence-corrected chi connectivity index (χ3v) is 5.29. The lowest BCUT2D eigenvalue weighted by atomic mass is 9.96. The number of rotatable bonds is 3. The molecule has 0 saturated carbocycles. The summed E-state index contributed by atoms with van der Waals surface area (Å²) in [6, 6.07) is 5.67. The molecule has 28 heavy (non-hydrogen) atoms. The van der Waals surface area contributed by atoms with Crippen LogP contribution in [0.4, 0.5) is 0 Å². The number of aryl methyl sites for hydroxylation is 1. The zero-order valence-corrected chi connectivity index (χ0v) is 15.5. The minimum Gasteiger partial charge on any atom is -0.461 e. The van der Waals surface area contributed by atoms with Crippen molar-refractivity contribution >= 4 is 11.9 Å². The number of imidazole rings is 1. The van der Waals surface area contributed by atoms with Gasteiger partial charge in [-0.15, -0.1) is 0 Å². The highest BCUT2D eigenvalue weighted by Gasteiger charge is 2.42. The lowest BCUT2D eigenvalue weighted by Crippen LogP contribution is -2.44. The molecule has 1 saturated heterocycles. The number of benzene rings is 1. The Kier molecular flexibility index (Phi) is 3.61. The third-order valence-electron chi connectivity index (χ3n) is 5.29. The molecule has 8 heteroatoms. The fraction of sp³-hybridized carbons (Fsp3) is 0.300. The molecule has 1 amide bonds. The highest BCUT2D eigenvalue weighted by atomic mass is 16.5. The van der Waals surface area contributed by atoms with E-state index in [1.807, 2.05) is 34.6 Å². The maximum absolute atomic E-state index is 13.1. The van der Waals surface area contributed by atoms with E-state index in [0.29, 0.717) is 17.8 Å². The van der Waals surface area contributed by atoms with Crippen LogP contribution in [0, 0.1) is 6.92 Å². The Morgan fingerprint density at radius 1 is 1.36 bits per heavy atom. The van der Waals surface area contributed by atoms with Crippen molar-refractivity contribution < 1.29 is 18.7 Å². The smallest absolute Gasteiger partial charge is 0.361 e. The van der Waals surface area contributed by atoms with Gasteiger partial charge in [0, 0.05) is 6.54 Å². The van der Waals surface area contributed by atoms with Gasteiger partial charge in [0.1, 0.15) is 12.0 Å². The zero-order valence-electron chi connectivity index (χ0n) is 15.5. The third kappa shape index (κ3) is 2.24. The molecule has 0 bridgehead atoms. The maximum Gasteiger partial charge on any atom is 0.361 e. The number of carbonyl (C=O) groups excluding carboxylic acids is 2. The molecule has 0 N–H and O–H groups in total. The molecule has 2 aromatic heterocycles. The molecule has 0 aliphatic carbocycles. The van der Waals surface area contributed by atoms with Crippen LogP contribution in [0.5, 0.6) is 0 Å². The van der Waals surface area contributed by atoms with Gasteiger partial charge in [-0.1, -0.05) is 11.6 Å². The fourth-order valence-corrected chi connectivity index (χ4v) is 3.90. The van der Waals surface area contributed by atoms with Crippen LogP contribution in [0.2, 0.25) is 0 Å². The molecule has 1 fully saturated rings. The Hall–Kier alpha value is -3.42. The van der Waals surface area contributed by atoms with Crippen molar-refractivity contribution in [2.24, 2.45) is 0 Å². The number of ether oxygens (including phenoxy) is 1. The van der Waals surface area contributed by atoms with Crippen LogP contribution >= 0.6 is 0 Å². The first-order valence-electron chi connectivity index (χ1n) is 9.20. The van der Waals surface area contributed by atoms with Gasteiger partial charge in [0.25, 0.3) is 5.91 Å². The van der Waals surface area contributed by atoms with Gasteiger partial charge >= 0.3 is 5.97 Å². The Balaban J connectivity index is 1.72. The first-order valence-corrected chi connectivity index (χ1v) is 9.20. The Labute approximate surface area is 160 Å². The summed E-state index contributed by atoms with van der Waals surface area (Å²) in [4.78, 5) is 35.7. The molecule has 8 nitrogen and oxygen atoms in total. The fourth-order valence-electron chi connectivity index (χ4n) is 3.90. The summed E-state index contributed by atoms with van der Waals surface area (Å²) in [7, 11) is 0. The van der Waals surface area contributed by atoms with Crippen molar-refractivity contribution in [3.63, 3.8) is 0 Å². The summed E-state index contributed by atoms with van der Waals surface area (Å²) < 4.78 is 12.5. The second-order valence-electron chi connectivity index (χ2n) is 6.92. The van der Waals surface area contributed by atoms with Crippen LogP contribution in [0.15, 0.2) is 35.3 Å². The first-order chi connectivity index (χ1) is 13.6. The molecule has 0 spiro atoms. The van der Waals surface area contributed by atoms with Crippen LogP contribution in [0.25, 0.3) is 17.1 Å². The lowest BCUT2D eigenvalue weighted by Gasteiger charge is -2.39. The predicted octanol–water partition coefficient (Wildman–Crippen LogP) is 2.91. The van der Waals surface area contributed by atoms with Gasteiger partial charge in [0.05, 0.1) is 29.6 Å². The number of amides is 1. The minimum absolute atomic E-state index is 0.00721. The van der Waals surface area contributed by atoms with Gasteiger partial charge in [0.2, 0.25) is 0 Å². The molecule has 0 radical (unpaired) electrons. The summed E-state index contributed by atoms with van der Waals surface area (Å²) in [5.41, 5.74) is 3.87. The molecule has 2 aliphatic rings. The topological polar surface area (TPSA) is 90.5 Å². The number of oxazole rings is 1. The average Bonchev–Trinajstić information content (AvgIpc) is 3.26. The largest absolute Gasteiger partial charge is 0.461 e. The predicted molar refractivity (Wildman–Crippen MR) is 98.1 cm³/mol. The first kappa shape index (κ1) is 16.7. The monoisotopic (exact) mass is 378 g/mol. The summed E-state index contributed by atoms with van der Waals surface area (Å²) in [6.45, 7) is 4.62. The van der Waals surface area contributed by atoms with Gasteiger partial charge < -0.3 is 14.1 Å². The summed E-state index contributed by atoms with van der Waals surface area (Å²) in [5, 5.41) is 0. The summed E-state index contributed by atoms with van der Waals surface area (Å²) >= 11 is 0. The Morgan fingerprint density at radius 2 is 2.21 bits per heavy atom. The van der Waals surface area contributed by atoms with Gasteiger partial charge in [-0.3, -0.25) is 9.36 Å². The van der Waals surface area contributed by atoms with E-state index in [1.165, 1.54) is 6.39 Å². The van der Waals surface area contributed by atoms with E-state index in [9.17, 15) is 9.59 Å². The number of nitrogens with zero attached hydrogens (tertiary/aromatic N) is 4. The molecular weight excluding hydrogens is 360 g/mol. The van der Waals surface area contributed by atoms with Crippen LogP contribution in [-0.4, -0.2) is 44.5 Å². The van der Waals surface area contributed by atoms with Crippen molar-refractivity contribution in [3.8, 4) is 17.1 Å². The van der Waals surface area contributed by atoms with Crippen LogP contribution in [-0.2, 0) is 4.74 Å². The van der Waals surface area contributed by atoms with Gasteiger partial charge in [-0.2, -0.15) is 0 Å². The van der Waals surface area contributed by atoms with E-state index in [4.69, 9.17) is 9.15 Å². The highest BCUT2D eigenvalue weighted by Crippen LogP contribution is 2.44. The van der Waals surface area contributed by atoms with Crippen LogP contribution < -0.4 is 0 Å². The Bertz CT molecular complexity index is 1110. The van der Waals surface area contributed by atoms with Gasteiger partial charge in [-0.05, 0) is 32.4 Å². The summed E-state index contributed by atoms with van der Waals surface area (Å²) in [5.74, 6) is -0.283. The molecule has 5 rings (SSSR count). The molecule has 4 heterocycles. The van der Waals surface area contributed by atoms with E-state index in [1.54, 1.807) is 13.3 Å². The van der Waals surface area contributed by atoms with Crippen molar-refractivity contribution in [2.45, 2.75) is 26.3 Å². The zero-order chi connectivity index (χ0) is 19.4.